The Balaban J connectivity index is 1.45. The van der Waals surface area contributed by atoms with Crippen molar-refractivity contribution in [2.75, 3.05) is 5.32 Å². The van der Waals surface area contributed by atoms with E-state index in [2.05, 4.69) is 10.5 Å². The molecular weight excluding hydrogens is 358 g/mol. The molecule has 2 aliphatic rings. The topological polar surface area (TPSA) is 56.5 Å². The van der Waals surface area contributed by atoms with Crippen LogP contribution < -0.4 is 10.8 Å². The zero-order valence-electron chi connectivity index (χ0n) is 17.1. The molecule has 5 nitrogen and oxygen atoms in total. The van der Waals surface area contributed by atoms with E-state index in [1.54, 1.807) is 6.07 Å². The van der Waals surface area contributed by atoms with Gasteiger partial charge in [-0.05, 0) is 58.5 Å². The highest BCUT2D eigenvalue weighted by molar-refractivity contribution is 6.62. The van der Waals surface area contributed by atoms with Crippen molar-refractivity contribution in [3.63, 3.8) is 0 Å². The Bertz CT molecular complexity index is 849. The summed E-state index contributed by atoms with van der Waals surface area (Å²) in [7, 11) is -0.562. The van der Waals surface area contributed by atoms with E-state index >= 15 is 0 Å². The molecule has 1 aliphatic heterocycles. The highest BCUT2D eigenvalue weighted by Gasteiger charge is 2.51. The molecule has 1 N–H and O–H groups in total. The van der Waals surface area contributed by atoms with Gasteiger partial charge in [0.2, 0.25) is 0 Å². The Morgan fingerprint density at radius 2 is 1.79 bits per heavy atom. The number of aromatic nitrogens is 1. The average Bonchev–Trinajstić information content (AvgIpc) is 2.99. The molecule has 1 fully saturated rings. The summed E-state index contributed by atoms with van der Waals surface area (Å²) < 4.78 is 32.2. The molecule has 28 heavy (non-hydrogen) atoms. The molecule has 0 unspecified atom stereocenters. The highest BCUT2D eigenvalue weighted by Crippen LogP contribution is 2.36. The van der Waals surface area contributed by atoms with Gasteiger partial charge in [0.15, 0.2) is 5.82 Å². The van der Waals surface area contributed by atoms with E-state index in [0.717, 1.165) is 42.8 Å². The van der Waals surface area contributed by atoms with Crippen LogP contribution in [0, 0.1) is 5.82 Å². The number of nitrogens with one attached hydrogen (secondary N) is 1. The lowest BCUT2D eigenvalue weighted by Gasteiger charge is -2.32. The van der Waals surface area contributed by atoms with Gasteiger partial charge in [-0.1, -0.05) is 23.7 Å². The van der Waals surface area contributed by atoms with Gasteiger partial charge in [-0.2, -0.15) is 0 Å². The predicted octanol–water partition coefficient (Wildman–Crippen LogP) is 3.99. The fourth-order valence-corrected chi connectivity index (χ4v) is 3.71. The van der Waals surface area contributed by atoms with Crippen molar-refractivity contribution in [1.82, 2.24) is 5.16 Å². The quantitative estimate of drug-likeness (QED) is 0.636. The second kappa shape index (κ2) is 7.19. The van der Waals surface area contributed by atoms with Crippen LogP contribution in [-0.2, 0) is 28.7 Å². The molecule has 1 aromatic carbocycles. The van der Waals surface area contributed by atoms with Crippen molar-refractivity contribution < 1.29 is 18.2 Å². The molecule has 150 valence electrons. The molecule has 0 amide bonds. The average molecular weight is 386 g/mol. The molecule has 0 atom stereocenters. The van der Waals surface area contributed by atoms with Crippen LogP contribution in [0.5, 0.6) is 0 Å². The van der Waals surface area contributed by atoms with Crippen LogP contribution in [0.25, 0.3) is 0 Å². The molecule has 1 saturated heterocycles. The minimum atomic E-state index is -0.562. The smallest absolute Gasteiger partial charge is 0.399 e. The van der Waals surface area contributed by atoms with Crippen molar-refractivity contribution in [2.45, 2.75) is 77.5 Å². The lowest BCUT2D eigenvalue weighted by molar-refractivity contribution is 0.00578. The van der Waals surface area contributed by atoms with E-state index in [9.17, 15) is 4.39 Å². The summed E-state index contributed by atoms with van der Waals surface area (Å²) in [5.41, 5.74) is 1.52. The second-order valence-electron chi connectivity index (χ2n) is 8.79. The van der Waals surface area contributed by atoms with E-state index in [-0.39, 0.29) is 5.82 Å². The van der Waals surface area contributed by atoms with Crippen LogP contribution in [0.4, 0.5) is 10.2 Å². The Hall–Kier alpha value is -1.86. The van der Waals surface area contributed by atoms with Gasteiger partial charge in [0.1, 0.15) is 11.6 Å². The molecule has 0 spiro atoms. The zero-order valence-corrected chi connectivity index (χ0v) is 17.1. The number of rotatable bonds is 4. The number of fused-ring (bicyclic) bond motifs is 1. The largest absolute Gasteiger partial charge is 0.494 e. The molecule has 1 aromatic heterocycles. The zero-order chi connectivity index (χ0) is 19.9. The maximum absolute atomic E-state index is 14.7. The Labute approximate surface area is 166 Å². The van der Waals surface area contributed by atoms with Crippen LogP contribution in [0.2, 0.25) is 0 Å². The first kappa shape index (κ1) is 19.5. The molecule has 0 saturated carbocycles. The van der Waals surface area contributed by atoms with E-state index in [0.29, 0.717) is 17.6 Å². The van der Waals surface area contributed by atoms with Crippen LogP contribution in [0.15, 0.2) is 22.7 Å². The molecule has 0 radical (unpaired) electrons. The summed E-state index contributed by atoms with van der Waals surface area (Å²) in [5.74, 6) is 1.43. The third kappa shape index (κ3) is 3.58. The van der Waals surface area contributed by atoms with Crippen LogP contribution in [0.1, 0.15) is 63.8 Å². The van der Waals surface area contributed by atoms with E-state index in [1.165, 1.54) is 12.5 Å². The summed E-state index contributed by atoms with van der Waals surface area (Å²) in [6, 6.07) is 5.15. The van der Waals surface area contributed by atoms with Crippen molar-refractivity contribution in [1.29, 1.82) is 0 Å². The summed E-state index contributed by atoms with van der Waals surface area (Å²) >= 11 is 0. The lowest BCUT2D eigenvalue weighted by atomic mass is 9.78. The maximum Gasteiger partial charge on any atom is 0.494 e. The number of aryl methyl sites for hydroxylation is 1. The lowest BCUT2D eigenvalue weighted by Crippen LogP contribution is -2.41. The molecule has 0 bridgehead atoms. The third-order valence-corrected chi connectivity index (χ3v) is 6.25. The van der Waals surface area contributed by atoms with Crippen molar-refractivity contribution in [2.24, 2.45) is 0 Å². The van der Waals surface area contributed by atoms with Gasteiger partial charge >= 0.3 is 7.12 Å². The summed E-state index contributed by atoms with van der Waals surface area (Å²) in [4.78, 5) is 0. The van der Waals surface area contributed by atoms with E-state index < -0.39 is 18.3 Å². The van der Waals surface area contributed by atoms with E-state index in [1.807, 2.05) is 33.8 Å². The van der Waals surface area contributed by atoms with Gasteiger partial charge in [0.05, 0.1) is 11.2 Å². The van der Waals surface area contributed by atoms with Crippen molar-refractivity contribution in [3.05, 3.63) is 40.9 Å². The minimum absolute atomic E-state index is 0.283. The number of hydrogen-bond donors (Lipinski definition) is 1. The summed E-state index contributed by atoms with van der Waals surface area (Å²) in [6.07, 6.45) is 5.38. The minimum Gasteiger partial charge on any atom is -0.399 e. The van der Waals surface area contributed by atoms with Crippen molar-refractivity contribution >= 4 is 18.4 Å². The van der Waals surface area contributed by atoms with Gasteiger partial charge in [0.25, 0.3) is 0 Å². The summed E-state index contributed by atoms with van der Waals surface area (Å²) in [5, 5.41) is 7.39. The van der Waals surface area contributed by atoms with Gasteiger partial charge in [-0.15, -0.1) is 0 Å². The maximum atomic E-state index is 14.7. The van der Waals surface area contributed by atoms with Crippen LogP contribution in [-0.4, -0.2) is 23.5 Å². The SMILES string of the molecule is CC1(C)OB(c2ccc(CNc3noc4c3CCCCC4)c(F)c2)OC1(C)C. The molecule has 7 heteroatoms. The monoisotopic (exact) mass is 386 g/mol. The predicted molar refractivity (Wildman–Crippen MR) is 107 cm³/mol. The van der Waals surface area contributed by atoms with Crippen LogP contribution in [0.3, 0.4) is 0 Å². The normalized spacial score (nSPS) is 20.7. The highest BCUT2D eigenvalue weighted by atomic mass is 19.1. The first-order valence-corrected chi connectivity index (χ1v) is 10.1. The number of benzene rings is 1. The third-order valence-electron chi connectivity index (χ3n) is 6.25. The molecule has 4 rings (SSSR count). The van der Waals surface area contributed by atoms with Gasteiger partial charge in [-0.3, -0.25) is 0 Å². The molecular formula is C21H28BFN2O3. The Kier molecular flexibility index (Phi) is 5.00. The van der Waals surface area contributed by atoms with Crippen molar-refractivity contribution in [3.8, 4) is 0 Å². The van der Waals surface area contributed by atoms with Crippen LogP contribution >= 0.6 is 0 Å². The number of hydrogen-bond acceptors (Lipinski definition) is 5. The fourth-order valence-electron chi connectivity index (χ4n) is 3.71. The molecule has 2 heterocycles. The first-order valence-electron chi connectivity index (χ1n) is 10.1. The fraction of sp³-hybridized carbons (Fsp3) is 0.571. The Morgan fingerprint density at radius 1 is 1.07 bits per heavy atom. The van der Waals surface area contributed by atoms with Gasteiger partial charge in [0, 0.05) is 24.1 Å². The van der Waals surface area contributed by atoms with Gasteiger partial charge in [-0.25, -0.2) is 4.39 Å². The van der Waals surface area contributed by atoms with Gasteiger partial charge < -0.3 is 19.1 Å². The second-order valence-corrected chi connectivity index (χ2v) is 8.79. The molecule has 1 aliphatic carbocycles. The standard InChI is InChI=1S/C21H28BFN2O3/c1-20(2)21(3,4)28-22(27-20)15-11-10-14(17(23)12-15)13-24-19-16-8-6-5-7-9-18(16)26-25-19/h10-12H,5-9,13H2,1-4H3,(H,24,25). The molecule has 2 aromatic rings. The first-order chi connectivity index (χ1) is 13.3. The Morgan fingerprint density at radius 3 is 2.50 bits per heavy atom. The number of halogens is 1. The number of anilines is 1. The van der Waals surface area contributed by atoms with E-state index in [4.69, 9.17) is 13.8 Å². The number of nitrogens with zero attached hydrogens (tertiary/aromatic N) is 1. The summed E-state index contributed by atoms with van der Waals surface area (Å²) in [6.45, 7) is 8.31.